The second kappa shape index (κ2) is 6.56. The van der Waals surface area contributed by atoms with Crippen LogP contribution in [0, 0.1) is 0 Å². The van der Waals surface area contributed by atoms with Gasteiger partial charge in [-0.1, -0.05) is 64.1 Å². The zero-order valence-electron chi connectivity index (χ0n) is 7.37. The third kappa shape index (κ3) is 4.39. The first-order valence-corrected chi connectivity index (χ1v) is 6.30. The van der Waals surface area contributed by atoms with Crippen LogP contribution in [0.15, 0.2) is 47.9 Å². The van der Waals surface area contributed by atoms with E-state index in [1.165, 1.54) is 21.6 Å². The number of carboxylic acid groups (broad SMARTS) is 1. The van der Waals surface area contributed by atoms with Crippen molar-refractivity contribution in [2.45, 2.75) is 5.25 Å². The van der Waals surface area contributed by atoms with Gasteiger partial charge in [-0.2, -0.15) is 0 Å². The minimum Gasteiger partial charge on any atom is -0.480 e. The van der Waals surface area contributed by atoms with Crippen LogP contribution in [0.2, 0.25) is 0 Å². The van der Waals surface area contributed by atoms with E-state index in [1.807, 2.05) is 36.4 Å². The Morgan fingerprint density at radius 2 is 1.57 bits per heavy atom. The fraction of sp³-hybridized carbons (Fsp3) is 0.100. The first kappa shape index (κ1) is 11.2. The maximum atomic E-state index is 10.1. The van der Waals surface area contributed by atoms with Crippen LogP contribution in [0.3, 0.4) is 0 Å². The molecule has 0 aliphatic carbocycles. The molecule has 0 saturated carbocycles. The summed E-state index contributed by atoms with van der Waals surface area (Å²) in [5, 5.41) is 9.80. The first-order valence-electron chi connectivity index (χ1n) is 4.02. The van der Waals surface area contributed by atoms with E-state index in [9.17, 15) is 4.79 Å². The van der Waals surface area contributed by atoms with Gasteiger partial charge in [0.1, 0.15) is 5.25 Å². The van der Waals surface area contributed by atoms with Crippen molar-refractivity contribution in [3.8, 4) is 0 Å². The highest BCUT2D eigenvalue weighted by molar-refractivity contribution is 8.78. The molecule has 0 bridgehead atoms. The van der Waals surface area contributed by atoms with Crippen LogP contribution in [0.25, 0.3) is 0 Å². The van der Waals surface area contributed by atoms with Crippen LogP contribution in [0.1, 0.15) is 0 Å². The Morgan fingerprint density at radius 1 is 1.07 bits per heavy atom. The second-order valence-electron chi connectivity index (χ2n) is 2.43. The monoisotopic (exact) mass is 226 g/mol. The summed E-state index contributed by atoms with van der Waals surface area (Å²) in [5.74, 6) is -0.753. The number of carboxylic acids is 1. The van der Waals surface area contributed by atoms with Crippen molar-refractivity contribution in [3.63, 3.8) is 0 Å². The van der Waals surface area contributed by atoms with Crippen LogP contribution in [0.4, 0.5) is 0 Å². The van der Waals surface area contributed by atoms with Gasteiger partial charge < -0.3 is 5.11 Å². The Bertz CT molecular complexity index is 272. The molecule has 1 aliphatic rings. The Kier molecular flexibility index (Phi) is 5.25. The molecule has 2 nitrogen and oxygen atoms in total. The zero-order valence-corrected chi connectivity index (χ0v) is 9.00. The van der Waals surface area contributed by atoms with E-state index in [-0.39, 0.29) is 5.25 Å². The van der Waals surface area contributed by atoms with Gasteiger partial charge in [-0.05, 0) is 5.41 Å². The Morgan fingerprint density at radius 3 is 1.79 bits per heavy atom. The zero-order chi connectivity index (χ0) is 10.2. The summed E-state index contributed by atoms with van der Waals surface area (Å²) < 4.78 is 0. The third-order valence-electron chi connectivity index (χ3n) is 1.38. The van der Waals surface area contributed by atoms with E-state index < -0.39 is 5.97 Å². The topological polar surface area (TPSA) is 37.3 Å². The van der Waals surface area contributed by atoms with Crippen molar-refractivity contribution >= 4 is 27.6 Å². The molecule has 2 rings (SSSR count). The standard InChI is InChI=1S/C6H6.C4H4O2S2/c1-2-4-6-5-3-1;5-4(6)3-1-2-7-8-3/h1-6H;1-3H,(H,5,6). The van der Waals surface area contributed by atoms with Gasteiger partial charge in [0.15, 0.2) is 0 Å². The summed E-state index contributed by atoms with van der Waals surface area (Å²) >= 11 is 0. The largest absolute Gasteiger partial charge is 0.480 e. The molecule has 1 unspecified atom stereocenters. The SMILES string of the molecule is O=C(O)C1C=CSS1.c1ccccc1. The van der Waals surface area contributed by atoms with E-state index in [0.29, 0.717) is 0 Å². The fourth-order valence-electron chi connectivity index (χ4n) is 0.736. The second-order valence-corrected chi connectivity index (χ2v) is 4.75. The van der Waals surface area contributed by atoms with Crippen molar-refractivity contribution in [2.24, 2.45) is 0 Å². The Balaban J connectivity index is 0.000000146. The van der Waals surface area contributed by atoms with Gasteiger partial charge in [0.05, 0.1) is 0 Å². The molecule has 14 heavy (non-hydrogen) atoms. The molecule has 74 valence electrons. The van der Waals surface area contributed by atoms with Gasteiger partial charge in [-0.25, -0.2) is 0 Å². The summed E-state index contributed by atoms with van der Waals surface area (Å²) in [4.78, 5) is 10.1. The number of carbonyl (C=O) groups is 1. The van der Waals surface area contributed by atoms with Gasteiger partial charge in [0.2, 0.25) is 0 Å². The number of rotatable bonds is 1. The predicted octanol–water partition coefficient (Wildman–Crippen LogP) is 3.03. The molecule has 0 radical (unpaired) electrons. The summed E-state index contributed by atoms with van der Waals surface area (Å²) in [5.41, 5.74) is 0. The van der Waals surface area contributed by atoms with Crippen LogP contribution in [0.5, 0.6) is 0 Å². The molecule has 0 spiro atoms. The lowest BCUT2D eigenvalue weighted by Crippen LogP contribution is -2.09. The highest BCUT2D eigenvalue weighted by atomic mass is 33.1. The summed E-state index contributed by atoms with van der Waals surface area (Å²) in [7, 11) is 2.82. The Hall–Kier alpha value is -0.870. The minimum atomic E-state index is -0.753. The van der Waals surface area contributed by atoms with Crippen molar-refractivity contribution in [1.82, 2.24) is 0 Å². The lowest BCUT2D eigenvalue weighted by molar-refractivity contribution is -0.135. The molecule has 1 aromatic rings. The highest BCUT2D eigenvalue weighted by Crippen LogP contribution is 2.35. The van der Waals surface area contributed by atoms with Crippen LogP contribution in [-0.2, 0) is 4.79 Å². The van der Waals surface area contributed by atoms with E-state index >= 15 is 0 Å². The maximum absolute atomic E-state index is 10.1. The van der Waals surface area contributed by atoms with E-state index in [4.69, 9.17) is 5.11 Å². The minimum absolute atomic E-state index is 0.319. The molecule has 1 aromatic carbocycles. The molecule has 1 atom stereocenters. The molecule has 4 heteroatoms. The quantitative estimate of drug-likeness (QED) is 0.747. The number of hydrogen-bond donors (Lipinski definition) is 1. The summed E-state index contributed by atoms with van der Waals surface area (Å²) in [6.07, 6.45) is 1.68. The van der Waals surface area contributed by atoms with Gasteiger partial charge in [-0.15, -0.1) is 0 Å². The number of hydrogen-bond acceptors (Lipinski definition) is 3. The lowest BCUT2D eigenvalue weighted by Gasteiger charge is -1.94. The molecule has 0 saturated heterocycles. The van der Waals surface area contributed by atoms with Crippen LogP contribution >= 0.6 is 21.6 Å². The van der Waals surface area contributed by atoms with Gasteiger partial charge in [0.25, 0.3) is 0 Å². The lowest BCUT2D eigenvalue weighted by atomic mass is 10.4. The molecule has 0 amide bonds. The predicted molar refractivity (Wildman–Crippen MR) is 62.2 cm³/mol. The van der Waals surface area contributed by atoms with Crippen molar-refractivity contribution in [1.29, 1.82) is 0 Å². The average Bonchev–Trinajstić information content (AvgIpc) is 2.74. The third-order valence-corrected chi connectivity index (χ3v) is 3.61. The van der Waals surface area contributed by atoms with Gasteiger partial charge in [0, 0.05) is 0 Å². The smallest absolute Gasteiger partial charge is 0.321 e. The highest BCUT2D eigenvalue weighted by Gasteiger charge is 2.17. The molecule has 0 fully saturated rings. The molecule has 1 aliphatic heterocycles. The molecule has 0 aromatic heterocycles. The van der Waals surface area contributed by atoms with Crippen molar-refractivity contribution in [3.05, 3.63) is 47.9 Å². The van der Waals surface area contributed by atoms with Crippen LogP contribution in [-0.4, -0.2) is 16.3 Å². The molecule has 1 heterocycles. The van der Waals surface area contributed by atoms with Gasteiger partial charge >= 0.3 is 5.97 Å². The first-order chi connectivity index (χ1) is 6.80. The number of aliphatic carboxylic acids is 1. The van der Waals surface area contributed by atoms with E-state index in [2.05, 4.69) is 0 Å². The maximum Gasteiger partial charge on any atom is 0.321 e. The molecule has 1 N–H and O–H groups in total. The normalized spacial score (nSPS) is 18.4. The summed E-state index contributed by atoms with van der Waals surface area (Å²) in [6, 6.07) is 12.0. The van der Waals surface area contributed by atoms with Crippen molar-refractivity contribution < 1.29 is 9.90 Å². The van der Waals surface area contributed by atoms with Gasteiger partial charge in [-0.3, -0.25) is 4.79 Å². The average molecular weight is 226 g/mol. The van der Waals surface area contributed by atoms with Crippen molar-refractivity contribution in [2.75, 3.05) is 0 Å². The van der Waals surface area contributed by atoms with E-state index in [1.54, 1.807) is 11.5 Å². The Labute approximate surface area is 90.8 Å². The number of benzene rings is 1. The summed E-state index contributed by atoms with van der Waals surface area (Å²) in [6.45, 7) is 0. The fourth-order valence-corrected chi connectivity index (χ4v) is 2.65. The van der Waals surface area contributed by atoms with E-state index in [0.717, 1.165) is 0 Å². The van der Waals surface area contributed by atoms with Crippen LogP contribution < -0.4 is 0 Å². The molecular weight excluding hydrogens is 216 g/mol. The molecular formula is C10H10O2S2.